The maximum Gasteiger partial charge on any atom is 0.267 e. The fourth-order valence-corrected chi connectivity index (χ4v) is 2.69. The molecule has 2 amide bonds. The van der Waals surface area contributed by atoms with Crippen LogP contribution in [-0.2, 0) is 4.79 Å². The largest absolute Gasteiger partial charge is 0.383 e. The number of fused-ring (bicyclic) bond motifs is 1. The van der Waals surface area contributed by atoms with Crippen LogP contribution in [0.1, 0.15) is 15.9 Å². The number of imide groups is 1. The van der Waals surface area contributed by atoms with Gasteiger partial charge < -0.3 is 4.90 Å². The van der Waals surface area contributed by atoms with Crippen molar-refractivity contribution in [2.24, 2.45) is 0 Å². The van der Waals surface area contributed by atoms with Crippen molar-refractivity contribution in [1.82, 2.24) is 4.90 Å². The first-order valence-electron chi connectivity index (χ1n) is 7.11. The van der Waals surface area contributed by atoms with Crippen molar-refractivity contribution in [3.05, 3.63) is 70.9 Å². The Morgan fingerprint density at radius 2 is 1.52 bits per heavy atom. The van der Waals surface area contributed by atoms with Crippen LogP contribution in [0.3, 0.4) is 0 Å². The van der Waals surface area contributed by atoms with Gasteiger partial charge in [0.1, 0.15) is 0 Å². The van der Waals surface area contributed by atoms with Crippen LogP contribution in [0.5, 0.6) is 0 Å². The molecule has 1 aliphatic heterocycles. The third kappa shape index (κ3) is 2.73. The van der Waals surface area contributed by atoms with E-state index in [2.05, 4.69) is 0 Å². The fourth-order valence-electron chi connectivity index (χ4n) is 2.56. The van der Waals surface area contributed by atoms with E-state index in [0.717, 1.165) is 0 Å². The van der Waals surface area contributed by atoms with E-state index in [1.807, 2.05) is 20.2 Å². The molecule has 5 heteroatoms. The highest BCUT2D eigenvalue weighted by Crippen LogP contribution is 2.32. The summed E-state index contributed by atoms with van der Waals surface area (Å²) in [5.41, 5.74) is 2.15. The summed E-state index contributed by atoms with van der Waals surface area (Å²) in [7, 11) is 3.68. The van der Waals surface area contributed by atoms with Crippen molar-refractivity contribution in [2.75, 3.05) is 19.0 Å². The van der Waals surface area contributed by atoms with Crippen molar-refractivity contribution in [2.45, 2.75) is 0 Å². The van der Waals surface area contributed by atoms with Gasteiger partial charge in [0.05, 0.1) is 11.3 Å². The minimum atomic E-state index is -0.343. The Bertz CT molecular complexity index is 810. The molecular weight excluding hydrogens is 312 g/mol. The van der Waals surface area contributed by atoms with Crippen molar-refractivity contribution in [3.63, 3.8) is 0 Å². The summed E-state index contributed by atoms with van der Waals surface area (Å²) in [6, 6.07) is 13.8. The molecule has 116 valence electrons. The van der Waals surface area contributed by atoms with Gasteiger partial charge in [-0.15, -0.1) is 0 Å². The van der Waals surface area contributed by atoms with Gasteiger partial charge in [-0.2, -0.15) is 0 Å². The predicted molar refractivity (Wildman–Crippen MR) is 91.4 cm³/mol. The molecule has 0 atom stereocenters. The Hall–Kier alpha value is -2.59. The lowest BCUT2D eigenvalue weighted by Gasteiger charge is -2.29. The van der Waals surface area contributed by atoms with Gasteiger partial charge in [-0.3, -0.25) is 9.59 Å². The Labute approximate surface area is 139 Å². The second-order valence-corrected chi connectivity index (χ2v) is 5.91. The number of hydrogen-bond donors (Lipinski definition) is 0. The molecule has 0 unspecified atom stereocenters. The van der Waals surface area contributed by atoms with Crippen molar-refractivity contribution in [1.29, 1.82) is 0 Å². The smallest absolute Gasteiger partial charge is 0.267 e. The number of anilines is 1. The average molecular weight is 327 g/mol. The molecule has 0 aliphatic carbocycles. The Morgan fingerprint density at radius 1 is 0.913 bits per heavy atom. The van der Waals surface area contributed by atoms with E-state index in [1.165, 1.54) is 4.90 Å². The zero-order valence-electron chi connectivity index (χ0n) is 12.8. The molecular formula is C18H15ClN2O2. The van der Waals surface area contributed by atoms with Gasteiger partial charge in [0.2, 0.25) is 0 Å². The van der Waals surface area contributed by atoms with E-state index in [-0.39, 0.29) is 11.8 Å². The highest BCUT2D eigenvalue weighted by Gasteiger charge is 2.35. The quantitative estimate of drug-likeness (QED) is 0.627. The molecule has 23 heavy (non-hydrogen) atoms. The number of benzene rings is 2. The van der Waals surface area contributed by atoms with E-state index in [0.29, 0.717) is 27.4 Å². The van der Waals surface area contributed by atoms with Crippen LogP contribution >= 0.6 is 11.6 Å². The van der Waals surface area contributed by atoms with E-state index in [1.54, 1.807) is 53.6 Å². The Kier molecular flexibility index (Phi) is 3.92. The summed E-state index contributed by atoms with van der Waals surface area (Å²) in [6.45, 7) is 0. The fraction of sp³-hybridized carbons (Fsp3) is 0.111. The van der Waals surface area contributed by atoms with Crippen LogP contribution in [-0.4, -0.2) is 30.8 Å². The zero-order chi connectivity index (χ0) is 16.6. The Balaban J connectivity index is 2.18. The molecule has 0 bridgehead atoms. The van der Waals surface area contributed by atoms with E-state index in [4.69, 9.17) is 11.6 Å². The highest BCUT2D eigenvalue weighted by atomic mass is 35.5. The molecule has 0 aromatic heterocycles. The van der Waals surface area contributed by atoms with Gasteiger partial charge in [0, 0.05) is 36.4 Å². The molecule has 0 saturated carbocycles. The third-order valence-corrected chi connectivity index (χ3v) is 3.81. The van der Waals surface area contributed by atoms with Gasteiger partial charge in [-0.1, -0.05) is 29.8 Å². The van der Waals surface area contributed by atoms with Crippen LogP contribution in [0.25, 0.3) is 5.57 Å². The standard InChI is InChI=1S/C18H15ClN2O2/c1-20(2)11-16-14-5-3-4-6-15(14)17(22)21(18(16)23)13-9-7-12(19)8-10-13/h3-11H,1-2H3. The van der Waals surface area contributed by atoms with Crippen LogP contribution in [0, 0.1) is 0 Å². The lowest BCUT2D eigenvalue weighted by Crippen LogP contribution is -2.42. The molecule has 3 rings (SSSR count). The molecule has 0 fully saturated rings. The lowest BCUT2D eigenvalue weighted by molar-refractivity contribution is -0.112. The molecule has 1 heterocycles. The molecule has 2 aromatic carbocycles. The first-order valence-corrected chi connectivity index (χ1v) is 7.49. The first kappa shape index (κ1) is 15.3. The number of carbonyl (C=O) groups excluding carboxylic acids is 2. The third-order valence-electron chi connectivity index (χ3n) is 3.56. The van der Waals surface area contributed by atoms with Crippen LogP contribution in [0.15, 0.2) is 54.7 Å². The topological polar surface area (TPSA) is 40.6 Å². The second-order valence-electron chi connectivity index (χ2n) is 5.47. The van der Waals surface area contributed by atoms with Gasteiger partial charge in [0.15, 0.2) is 0 Å². The summed E-state index contributed by atoms with van der Waals surface area (Å²) in [4.78, 5) is 28.7. The number of rotatable bonds is 2. The maximum atomic E-state index is 12.9. The number of carbonyl (C=O) groups is 2. The monoisotopic (exact) mass is 326 g/mol. The normalized spacial score (nSPS) is 15.8. The summed E-state index contributed by atoms with van der Waals surface area (Å²) in [5, 5.41) is 0.551. The summed E-state index contributed by atoms with van der Waals surface area (Å²) < 4.78 is 0. The number of hydrogen-bond acceptors (Lipinski definition) is 3. The molecule has 1 aliphatic rings. The average Bonchev–Trinajstić information content (AvgIpc) is 2.53. The first-order chi connectivity index (χ1) is 11.0. The number of amides is 2. The van der Waals surface area contributed by atoms with Gasteiger partial charge >= 0.3 is 0 Å². The molecule has 4 nitrogen and oxygen atoms in total. The minimum absolute atomic E-state index is 0.330. The lowest BCUT2D eigenvalue weighted by atomic mass is 9.93. The molecule has 2 aromatic rings. The highest BCUT2D eigenvalue weighted by molar-refractivity contribution is 6.41. The van der Waals surface area contributed by atoms with E-state index >= 15 is 0 Å². The van der Waals surface area contributed by atoms with Crippen molar-refractivity contribution >= 4 is 34.7 Å². The van der Waals surface area contributed by atoms with E-state index in [9.17, 15) is 9.59 Å². The SMILES string of the molecule is CN(C)C=C1C(=O)N(c2ccc(Cl)cc2)C(=O)c2ccccc21. The van der Waals surface area contributed by atoms with Gasteiger partial charge in [0.25, 0.3) is 11.8 Å². The van der Waals surface area contributed by atoms with Gasteiger partial charge in [-0.25, -0.2) is 4.90 Å². The second kappa shape index (κ2) is 5.89. The zero-order valence-corrected chi connectivity index (χ0v) is 13.5. The molecule has 0 saturated heterocycles. The van der Waals surface area contributed by atoms with Gasteiger partial charge in [-0.05, 0) is 30.3 Å². The Morgan fingerprint density at radius 3 is 2.13 bits per heavy atom. The number of halogens is 1. The maximum absolute atomic E-state index is 12.9. The van der Waals surface area contributed by atoms with Crippen molar-refractivity contribution in [3.8, 4) is 0 Å². The van der Waals surface area contributed by atoms with Crippen LogP contribution in [0.2, 0.25) is 5.02 Å². The van der Waals surface area contributed by atoms with Crippen molar-refractivity contribution < 1.29 is 9.59 Å². The molecule has 0 N–H and O–H groups in total. The number of nitrogens with zero attached hydrogens (tertiary/aromatic N) is 2. The molecule has 0 spiro atoms. The predicted octanol–water partition coefficient (Wildman–Crippen LogP) is 3.43. The minimum Gasteiger partial charge on any atom is -0.383 e. The summed E-state index contributed by atoms with van der Waals surface area (Å²) in [6.07, 6.45) is 1.73. The summed E-state index contributed by atoms with van der Waals surface area (Å²) in [5.74, 6) is -0.673. The summed E-state index contributed by atoms with van der Waals surface area (Å²) >= 11 is 5.90. The molecule has 0 radical (unpaired) electrons. The van der Waals surface area contributed by atoms with Crippen LogP contribution < -0.4 is 4.90 Å². The van der Waals surface area contributed by atoms with Crippen LogP contribution in [0.4, 0.5) is 5.69 Å². The van der Waals surface area contributed by atoms with E-state index < -0.39 is 0 Å².